The lowest BCUT2D eigenvalue weighted by Crippen LogP contribution is -2.61. The van der Waals surface area contributed by atoms with Crippen molar-refractivity contribution in [2.75, 3.05) is 29.4 Å². The quantitative estimate of drug-likeness (QED) is 0.132. The molecule has 9 nitrogen and oxygen atoms in total. The van der Waals surface area contributed by atoms with Crippen LogP contribution >= 0.6 is 0 Å². The van der Waals surface area contributed by atoms with Crippen LogP contribution in [0, 0.1) is 62.3 Å². The first-order valence-electron chi connectivity index (χ1n) is 39.8. The number of fused-ring (bicyclic) bond motifs is 12. The van der Waals surface area contributed by atoms with Crippen molar-refractivity contribution in [3.8, 4) is 34.2 Å². The van der Waals surface area contributed by atoms with Crippen LogP contribution in [0.1, 0.15) is 50.1 Å². The van der Waals surface area contributed by atoms with Crippen molar-refractivity contribution < 1.29 is 0 Å². The molecule has 0 radical (unpaired) electrons. The minimum atomic E-state index is -0.159. The molecule has 0 spiro atoms. The molecule has 0 saturated heterocycles. The largest absolute Gasteiger partial charge is 0.311 e. The Bertz CT molecular complexity index is 6010. The van der Waals surface area contributed by atoms with Gasteiger partial charge in [-0.2, -0.15) is 0 Å². The molecule has 114 heavy (non-hydrogen) atoms. The number of hydrogen-bond acceptors (Lipinski definition) is 9. The molecule has 0 bridgehead atoms. The van der Waals surface area contributed by atoms with Crippen LogP contribution in [0.2, 0.25) is 0 Å². The normalized spacial score (nSPS) is 13.5. The Balaban J connectivity index is 0.791. The van der Waals surface area contributed by atoms with Crippen molar-refractivity contribution in [3.05, 3.63) is 359 Å². The third kappa shape index (κ3) is 10.5. The molecule has 6 aliphatic rings. The van der Waals surface area contributed by atoms with Crippen LogP contribution in [0.15, 0.2) is 309 Å². The second-order valence-electron chi connectivity index (χ2n) is 32.3. The van der Waals surface area contributed by atoms with Gasteiger partial charge in [-0.3, -0.25) is 0 Å². The van der Waals surface area contributed by atoms with Crippen LogP contribution in [0.3, 0.4) is 0 Å². The third-order valence-electron chi connectivity index (χ3n) is 24.6. The Morgan fingerprint density at radius 3 is 0.553 bits per heavy atom. The molecule has 0 saturated carbocycles. The van der Waals surface area contributed by atoms with E-state index in [0.717, 1.165) is 119 Å². The number of benzene rings is 15. The number of rotatable bonds is 9. The van der Waals surface area contributed by atoms with E-state index in [1.807, 2.05) is 0 Å². The highest BCUT2D eigenvalue weighted by Gasteiger charge is 2.48. The monoisotopic (exact) mass is 1460 g/mol. The maximum Gasteiger partial charge on any atom is 0.252 e. The summed E-state index contributed by atoms with van der Waals surface area (Å²) in [6.07, 6.45) is 0. The number of aryl methyl sites for hydroxylation is 9. The summed E-state index contributed by atoms with van der Waals surface area (Å²) in [5.41, 5.74) is 44.9. The van der Waals surface area contributed by atoms with Crippen LogP contribution in [-0.2, 0) is 0 Å². The first-order chi connectivity index (χ1) is 55.7. The molecule has 16 aromatic rings. The van der Waals surface area contributed by atoms with Crippen LogP contribution in [0.25, 0.3) is 34.2 Å². The standard InChI is InChI=1S/C102H78B3N9/c1-61-19-37-73(38-20-61)109-85-49-31-67(7)55-79(85)103-82-58-70(34-52-88(82)112(76-43-25-64(4)26-44-76)94-16-10-13-91(109)97(94)103)100-106-101(71-35-53-89-83(59-71)104-80-56-68(8)32-50-86(80)110(74-39-21-62(2)22-40-74)92-14-11-17-95(98(92)104)113(89)77-45-27-65(5)28-46-77)108-102(107-100)72-36-54-90-84(60-72)105-81-57-69(9)33-51-87(81)111(75-41-23-63(3)24-42-75)93-15-12-18-96(99(93)105)114(90)78-47-29-66(6)30-48-78/h10-60H,1-9H3. The predicted octanol–water partition coefficient (Wildman–Crippen LogP) is 19.9. The highest BCUT2D eigenvalue weighted by atomic mass is 15.2. The van der Waals surface area contributed by atoms with Gasteiger partial charge in [-0.15, -0.1) is 0 Å². The SMILES string of the molecule is Cc1ccc(N2c3ccc(C)cc3B3c4cc(-c5nc(-c6ccc7c(c6)B6c8cc(C)ccc8N(c8ccc(C)cc8)c8cccc(c86)N7c6ccc(C)cc6)nc(-c6ccc7c(c6)B6c8cc(C)ccc8N(c8ccc(C)cc8)c8cccc(c86)N7c6ccc(C)cc6)n5)ccc4N(c4ccc(C)cc4)c4cccc2c43)cc1. The molecule has 22 rings (SSSR count). The second kappa shape index (κ2) is 25.7. The Kier molecular flexibility index (Phi) is 15.1. The van der Waals surface area contributed by atoms with Crippen LogP contribution in [0.4, 0.5) is 102 Å². The summed E-state index contributed by atoms with van der Waals surface area (Å²) in [5, 5.41) is 0. The maximum absolute atomic E-state index is 5.89. The molecule has 15 aromatic carbocycles. The molecule has 6 aliphatic heterocycles. The highest BCUT2D eigenvalue weighted by molar-refractivity contribution is 7.02. The lowest BCUT2D eigenvalue weighted by molar-refractivity contribution is 1.07. The summed E-state index contributed by atoms with van der Waals surface area (Å²) in [6.45, 7) is 19.2. The highest BCUT2D eigenvalue weighted by Crippen LogP contribution is 2.50. The Hall–Kier alpha value is -13.7. The molecule has 7 heterocycles. The van der Waals surface area contributed by atoms with Gasteiger partial charge in [0.25, 0.3) is 20.1 Å². The van der Waals surface area contributed by atoms with E-state index in [2.05, 4.69) is 401 Å². The summed E-state index contributed by atoms with van der Waals surface area (Å²) in [4.78, 5) is 32.5. The summed E-state index contributed by atoms with van der Waals surface area (Å²) in [6, 6.07) is 117. The summed E-state index contributed by atoms with van der Waals surface area (Å²) < 4.78 is 0. The first kappa shape index (κ1) is 67.2. The molecular weight excluding hydrogens is 1380 g/mol. The topological polar surface area (TPSA) is 58.1 Å². The number of hydrogen-bond donors (Lipinski definition) is 0. The van der Waals surface area contributed by atoms with E-state index >= 15 is 0 Å². The van der Waals surface area contributed by atoms with E-state index in [-0.39, 0.29) is 20.1 Å². The fourth-order valence-electron chi connectivity index (χ4n) is 19.2. The fraction of sp³-hybridized carbons (Fsp3) is 0.0882. The molecule has 12 heteroatoms. The van der Waals surface area contributed by atoms with E-state index in [0.29, 0.717) is 17.5 Å². The van der Waals surface area contributed by atoms with Gasteiger partial charge in [0.1, 0.15) is 0 Å². The number of aromatic nitrogens is 3. The van der Waals surface area contributed by atoms with Gasteiger partial charge in [-0.25, -0.2) is 15.0 Å². The van der Waals surface area contributed by atoms with Gasteiger partial charge in [-0.1, -0.05) is 196 Å². The van der Waals surface area contributed by atoms with Gasteiger partial charge in [0.2, 0.25) is 0 Å². The Morgan fingerprint density at radius 1 is 0.175 bits per heavy atom. The third-order valence-corrected chi connectivity index (χ3v) is 24.6. The molecule has 0 atom stereocenters. The lowest BCUT2D eigenvalue weighted by Gasteiger charge is -2.44. The Morgan fingerprint density at radius 2 is 0.351 bits per heavy atom. The summed E-state index contributed by atoms with van der Waals surface area (Å²) >= 11 is 0. The molecule has 0 amide bonds. The van der Waals surface area contributed by atoms with Crippen molar-refractivity contribution in [3.63, 3.8) is 0 Å². The maximum atomic E-state index is 5.89. The Labute approximate surface area is 667 Å². The van der Waals surface area contributed by atoms with E-state index < -0.39 is 0 Å². The van der Waals surface area contributed by atoms with Gasteiger partial charge >= 0.3 is 0 Å². The first-order valence-corrected chi connectivity index (χ1v) is 39.8. The van der Waals surface area contributed by atoms with Gasteiger partial charge < -0.3 is 29.4 Å². The average Bonchev–Trinajstić information content (AvgIpc) is 0.709. The lowest BCUT2D eigenvalue weighted by atomic mass is 9.33. The zero-order chi connectivity index (χ0) is 76.6. The smallest absolute Gasteiger partial charge is 0.252 e. The summed E-state index contributed by atoms with van der Waals surface area (Å²) in [7, 11) is 0. The average molecular weight is 1460 g/mol. The minimum Gasteiger partial charge on any atom is -0.311 e. The zero-order valence-corrected chi connectivity index (χ0v) is 65.2. The second-order valence-corrected chi connectivity index (χ2v) is 32.3. The molecule has 0 aliphatic carbocycles. The van der Waals surface area contributed by atoms with E-state index in [9.17, 15) is 0 Å². The van der Waals surface area contributed by atoms with Gasteiger partial charge in [-0.05, 0) is 275 Å². The molecule has 1 aromatic heterocycles. The minimum absolute atomic E-state index is 0.159. The van der Waals surface area contributed by atoms with E-state index in [4.69, 9.17) is 15.0 Å². The van der Waals surface area contributed by atoms with E-state index in [1.165, 1.54) is 99.2 Å². The van der Waals surface area contributed by atoms with Crippen LogP contribution < -0.4 is 78.6 Å². The van der Waals surface area contributed by atoms with Crippen molar-refractivity contribution in [1.29, 1.82) is 0 Å². The number of anilines is 18. The van der Waals surface area contributed by atoms with Crippen molar-refractivity contribution in [1.82, 2.24) is 15.0 Å². The molecule has 540 valence electrons. The fourth-order valence-corrected chi connectivity index (χ4v) is 19.2. The predicted molar refractivity (Wildman–Crippen MR) is 481 cm³/mol. The number of nitrogens with zero attached hydrogens (tertiary/aromatic N) is 9. The molecular formula is C102H78B3N9. The van der Waals surface area contributed by atoms with Crippen LogP contribution in [-0.4, -0.2) is 35.1 Å². The zero-order valence-electron chi connectivity index (χ0n) is 65.2. The molecule has 0 fully saturated rings. The van der Waals surface area contributed by atoms with Gasteiger partial charge in [0.05, 0.1) is 0 Å². The van der Waals surface area contributed by atoms with Crippen molar-refractivity contribution >= 4 is 172 Å². The van der Waals surface area contributed by atoms with Crippen molar-refractivity contribution in [2.45, 2.75) is 62.3 Å². The van der Waals surface area contributed by atoms with Crippen molar-refractivity contribution in [2.24, 2.45) is 0 Å². The summed E-state index contributed by atoms with van der Waals surface area (Å²) in [5.74, 6) is 1.75. The van der Waals surface area contributed by atoms with Gasteiger partial charge in [0, 0.05) is 119 Å². The van der Waals surface area contributed by atoms with Gasteiger partial charge in [0.15, 0.2) is 17.5 Å². The molecule has 0 N–H and O–H groups in total. The van der Waals surface area contributed by atoms with E-state index in [1.54, 1.807) is 0 Å². The van der Waals surface area contributed by atoms with Crippen LogP contribution in [0.5, 0.6) is 0 Å². The molecule has 0 unspecified atom stereocenters.